The van der Waals surface area contributed by atoms with Crippen molar-refractivity contribution in [3.8, 4) is 11.8 Å². The third-order valence-corrected chi connectivity index (χ3v) is 5.67. The van der Waals surface area contributed by atoms with Crippen LogP contribution in [0.1, 0.15) is 33.3 Å². The van der Waals surface area contributed by atoms with Gasteiger partial charge in [-0.3, -0.25) is 4.79 Å². The second-order valence-electron chi connectivity index (χ2n) is 5.85. The molecule has 0 N–H and O–H groups in total. The number of carbonyl (C=O) groups is 1. The summed E-state index contributed by atoms with van der Waals surface area (Å²) in [6.07, 6.45) is 2.19. The average molecular weight is 343 g/mol. The van der Waals surface area contributed by atoms with Crippen LogP contribution in [-0.4, -0.2) is 42.2 Å². The van der Waals surface area contributed by atoms with E-state index in [2.05, 4.69) is 67.9 Å². The summed E-state index contributed by atoms with van der Waals surface area (Å²) in [7, 11) is 1.83. The summed E-state index contributed by atoms with van der Waals surface area (Å²) >= 11 is 1.82. The molecule has 1 heterocycles. The minimum atomic E-state index is -0.121. The molecule has 1 aliphatic rings. The largest absolute Gasteiger partial charge is 0.372 e. The van der Waals surface area contributed by atoms with E-state index < -0.39 is 0 Å². The molecule has 0 radical (unpaired) electrons. The molecule has 2 atom stereocenters. The van der Waals surface area contributed by atoms with Gasteiger partial charge in [0.2, 0.25) is 0 Å². The van der Waals surface area contributed by atoms with Gasteiger partial charge in [-0.2, -0.15) is 0 Å². The number of likely N-dealkylation sites (N-methyl/N-ethyl adjacent to an activating group) is 1. The zero-order chi connectivity index (χ0) is 17.7. The van der Waals surface area contributed by atoms with Gasteiger partial charge < -0.3 is 9.80 Å². The molecule has 0 fully saturated rings. The summed E-state index contributed by atoms with van der Waals surface area (Å²) in [6, 6.07) is 8.80. The molecule has 0 bridgehead atoms. The highest BCUT2D eigenvalue weighted by Crippen LogP contribution is 2.41. The predicted octanol–water partition coefficient (Wildman–Crippen LogP) is 3.86. The second-order valence-corrected chi connectivity index (χ2v) is 7.27. The maximum absolute atomic E-state index is 12.0. The Labute approximate surface area is 150 Å². The van der Waals surface area contributed by atoms with E-state index in [0.29, 0.717) is 5.25 Å². The SMILES string of the molecule is CC#CC(=O)N(C)C1C=C(c2ccc(N(CC)CC)cc2)SC1C. The van der Waals surface area contributed by atoms with Gasteiger partial charge in [0.05, 0.1) is 6.04 Å². The molecule has 1 aromatic carbocycles. The molecule has 1 amide bonds. The van der Waals surface area contributed by atoms with Crippen LogP contribution >= 0.6 is 11.8 Å². The van der Waals surface area contributed by atoms with Crippen LogP contribution in [0.4, 0.5) is 5.69 Å². The van der Waals surface area contributed by atoms with E-state index in [1.54, 1.807) is 11.8 Å². The van der Waals surface area contributed by atoms with E-state index >= 15 is 0 Å². The first-order chi connectivity index (χ1) is 11.5. The first kappa shape index (κ1) is 18.5. The number of hydrogen-bond donors (Lipinski definition) is 0. The molecule has 4 heteroatoms. The van der Waals surface area contributed by atoms with E-state index in [-0.39, 0.29) is 11.9 Å². The number of rotatable bonds is 5. The van der Waals surface area contributed by atoms with Crippen LogP contribution in [0, 0.1) is 11.8 Å². The molecular weight excluding hydrogens is 316 g/mol. The molecule has 1 aliphatic heterocycles. The zero-order valence-electron chi connectivity index (χ0n) is 15.2. The Morgan fingerprint density at radius 1 is 1.21 bits per heavy atom. The van der Waals surface area contributed by atoms with E-state index in [0.717, 1.165) is 13.1 Å². The van der Waals surface area contributed by atoms with E-state index in [1.807, 2.05) is 18.8 Å². The first-order valence-electron chi connectivity index (χ1n) is 8.45. The summed E-state index contributed by atoms with van der Waals surface area (Å²) in [5, 5.41) is 0.329. The Morgan fingerprint density at radius 3 is 2.38 bits per heavy atom. The Balaban J connectivity index is 2.18. The lowest BCUT2D eigenvalue weighted by Gasteiger charge is -2.24. The lowest BCUT2D eigenvalue weighted by Crippen LogP contribution is -2.38. The van der Waals surface area contributed by atoms with Crippen LogP contribution in [0.3, 0.4) is 0 Å². The standard InChI is InChI=1S/C20H26N2OS/c1-6-9-20(23)21(5)18-14-19(24-15(18)4)16-10-12-17(13-11-16)22(7-2)8-3/h10-15,18H,7-8H2,1-5H3. The van der Waals surface area contributed by atoms with Gasteiger partial charge in [0.15, 0.2) is 0 Å². The minimum absolute atomic E-state index is 0.0841. The van der Waals surface area contributed by atoms with Crippen molar-refractivity contribution in [1.82, 2.24) is 4.90 Å². The maximum Gasteiger partial charge on any atom is 0.298 e. The summed E-state index contributed by atoms with van der Waals surface area (Å²) in [5.74, 6) is 5.19. The topological polar surface area (TPSA) is 23.6 Å². The molecule has 0 aliphatic carbocycles. The normalized spacial score (nSPS) is 19.3. The van der Waals surface area contributed by atoms with Crippen molar-refractivity contribution in [3.63, 3.8) is 0 Å². The lowest BCUT2D eigenvalue weighted by atomic mass is 10.1. The van der Waals surface area contributed by atoms with Crippen LogP contribution in [0.2, 0.25) is 0 Å². The Hall–Kier alpha value is -1.86. The monoisotopic (exact) mass is 342 g/mol. The van der Waals surface area contributed by atoms with Crippen LogP contribution < -0.4 is 4.90 Å². The molecule has 1 aromatic rings. The Kier molecular flexibility index (Phi) is 6.39. The number of thioether (sulfide) groups is 1. The predicted molar refractivity (Wildman–Crippen MR) is 105 cm³/mol. The van der Waals surface area contributed by atoms with Crippen LogP contribution in [0.5, 0.6) is 0 Å². The van der Waals surface area contributed by atoms with Gasteiger partial charge in [0.1, 0.15) is 0 Å². The van der Waals surface area contributed by atoms with Crippen molar-refractivity contribution < 1.29 is 4.79 Å². The number of hydrogen-bond acceptors (Lipinski definition) is 3. The summed E-state index contributed by atoms with van der Waals surface area (Å²) < 4.78 is 0. The smallest absolute Gasteiger partial charge is 0.298 e. The second kappa shape index (κ2) is 8.30. The van der Waals surface area contributed by atoms with Crippen molar-refractivity contribution in [2.45, 2.75) is 39.0 Å². The molecule has 0 spiro atoms. The van der Waals surface area contributed by atoms with Gasteiger partial charge in [-0.25, -0.2) is 0 Å². The highest BCUT2D eigenvalue weighted by Gasteiger charge is 2.30. The van der Waals surface area contributed by atoms with E-state index in [1.165, 1.54) is 16.2 Å². The van der Waals surface area contributed by atoms with Gasteiger partial charge >= 0.3 is 0 Å². The number of benzene rings is 1. The van der Waals surface area contributed by atoms with Gasteiger partial charge in [0.25, 0.3) is 5.91 Å². The third-order valence-electron chi connectivity index (χ3n) is 4.40. The number of nitrogens with zero attached hydrogens (tertiary/aromatic N) is 2. The molecule has 24 heavy (non-hydrogen) atoms. The number of carbonyl (C=O) groups excluding carboxylic acids is 1. The minimum Gasteiger partial charge on any atom is -0.372 e. The summed E-state index contributed by atoms with van der Waals surface area (Å²) in [4.78, 5) is 17.3. The van der Waals surface area contributed by atoms with Crippen molar-refractivity contribution in [1.29, 1.82) is 0 Å². The first-order valence-corrected chi connectivity index (χ1v) is 9.33. The molecule has 0 saturated carbocycles. The third kappa shape index (κ3) is 3.96. The van der Waals surface area contributed by atoms with Gasteiger partial charge in [-0.05, 0) is 50.5 Å². The molecule has 0 saturated heterocycles. The average Bonchev–Trinajstić information content (AvgIpc) is 2.98. The van der Waals surface area contributed by atoms with Gasteiger partial charge in [-0.15, -0.1) is 11.8 Å². The lowest BCUT2D eigenvalue weighted by molar-refractivity contribution is -0.125. The fourth-order valence-electron chi connectivity index (χ4n) is 2.95. The molecular formula is C20H26N2OS. The van der Waals surface area contributed by atoms with Crippen molar-refractivity contribution in [2.24, 2.45) is 0 Å². The van der Waals surface area contributed by atoms with Crippen LogP contribution in [-0.2, 0) is 4.79 Å². The Bertz CT molecular complexity index is 665. The number of anilines is 1. The highest BCUT2D eigenvalue weighted by atomic mass is 32.2. The van der Waals surface area contributed by atoms with Crippen molar-refractivity contribution >= 4 is 28.3 Å². The van der Waals surface area contributed by atoms with E-state index in [4.69, 9.17) is 0 Å². The Morgan fingerprint density at radius 2 is 1.83 bits per heavy atom. The van der Waals surface area contributed by atoms with Gasteiger partial charge in [0, 0.05) is 36.0 Å². The highest BCUT2D eigenvalue weighted by molar-refractivity contribution is 8.09. The quantitative estimate of drug-likeness (QED) is 0.759. The van der Waals surface area contributed by atoms with Crippen LogP contribution in [0.25, 0.3) is 4.91 Å². The number of amides is 1. The maximum atomic E-state index is 12.0. The zero-order valence-corrected chi connectivity index (χ0v) is 16.0. The fourth-order valence-corrected chi connectivity index (χ4v) is 4.24. The molecule has 0 aromatic heterocycles. The molecule has 128 valence electrons. The van der Waals surface area contributed by atoms with Crippen molar-refractivity contribution in [3.05, 3.63) is 35.9 Å². The summed E-state index contributed by atoms with van der Waals surface area (Å²) in [6.45, 7) is 10.2. The van der Waals surface area contributed by atoms with Crippen LogP contribution in [0.15, 0.2) is 30.3 Å². The summed E-state index contributed by atoms with van der Waals surface area (Å²) in [5.41, 5.74) is 2.47. The molecule has 2 unspecified atom stereocenters. The van der Waals surface area contributed by atoms with Crippen molar-refractivity contribution in [2.75, 3.05) is 25.0 Å². The molecule has 2 rings (SSSR count). The van der Waals surface area contributed by atoms with E-state index in [9.17, 15) is 4.79 Å². The molecule has 3 nitrogen and oxygen atoms in total. The van der Waals surface area contributed by atoms with Gasteiger partial charge in [-0.1, -0.05) is 25.0 Å². The fraction of sp³-hybridized carbons (Fsp3) is 0.450.